The lowest BCUT2D eigenvalue weighted by Crippen LogP contribution is -2.59. The van der Waals surface area contributed by atoms with Crippen molar-refractivity contribution in [1.82, 2.24) is 15.1 Å². The van der Waals surface area contributed by atoms with Gasteiger partial charge in [0.25, 0.3) is 0 Å². The maximum atomic E-state index is 12.2. The van der Waals surface area contributed by atoms with Gasteiger partial charge in [0.05, 0.1) is 6.61 Å². The molecule has 4 saturated heterocycles. The number of hydrogen-bond donors (Lipinski definition) is 2. The zero-order valence-corrected chi connectivity index (χ0v) is 17.0. The normalized spacial score (nSPS) is 32.4. The number of fused-ring (bicyclic) bond motifs is 3. The summed E-state index contributed by atoms with van der Waals surface area (Å²) in [6.07, 6.45) is 5.09. The Labute approximate surface area is 168 Å². The lowest BCUT2D eigenvalue weighted by Gasteiger charge is -2.51. The molecular formula is C22H34N4O2. The monoisotopic (exact) mass is 386 g/mol. The summed E-state index contributed by atoms with van der Waals surface area (Å²) in [5.41, 5.74) is 0.835. The van der Waals surface area contributed by atoms with Crippen molar-refractivity contribution in [2.75, 3.05) is 51.8 Å². The number of rotatable bonds is 7. The number of nitrogens with one attached hydrogen (secondary N) is 2. The van der Waals surface area contributed by atoms with Gasteiger partial charge in [-0.15, -0.1) is 0 Å². The third kappa shape index (κ3) is 4.67. The van der Waals surface area contributed by atoms with Crippen molar-refractivity contribution in [2.45, 2.75) is 37.8 Å². The van der Waals surface area contributed by atoms with Crippen molar-refractivity contribution in [3.05, 3.63) is 30.3 Å². The van der Waals surface area contributed by atoms with Crippen LogP contribution in [0.25, 0.3) is 0 Å². The van der Waals surface area contributed by atoms with Crippen LogP contribution in [0.4, 0.5) is 10.5 Å². The molecule has 5 rings (SSSR count). The van der Waals surface area contributed by atoms with Crippen LogP contribution in [0, 0.1) is 11.8 Å². The Bertz CT molecular complexity index is 641. The summed E-state index contributed by atoms with van der Waals surface area (Å²) in [5, 5.41) is 5.99. The van der Waals surface area contributed by atoms with Crippen LogP contribution in [0.5, 0.6) is 0 Å². The van der Waals surface area contributed by atoms with Crippen LogP contribution in [0.3, 0.4) is 0 Å². The average Bonchev–Trinajstić information content (AvgIpc) is 3.15. The van der Waals surface area contributed by atoms with E-state index in [9.17, 15) is 4.79 Å². The second kappa shape index (κ2) is 9.25. The first kappa shape index (κ1) is 19.7. The van der Waals surface area contributed by atoms with Crippen molar-refractivity contribution in [2.24, 2.45) is 11.8 Å². The van der Waals surface area contributed by atoms with Crippen LogP contribution >= 0.6 is 0 Å². The van der Waals surface area contributed by atoms with E-state index in [1.54, 1.807) is 0 Å². The van der Waals surface area contributed by atoms with Crippen molar-refractivity contribution >= 4 is 11.7 Å². The highest BCUT2D eigenvalue weighted by molar-refractivity contribution is 5.89. The zero-order chi connectivity index (χ0) is 19.3. The molecule has 2 amide bonds. The molecule has 4 aliphatic rings. The molecule has 0 radical (unpaired) electrons. The molecule has 0 aliphatic carbocycles. The Morgan fingerprint density at radius 3 is 2.79 bits per heavy atom. The topological polar surface area (TPSA) is 56.8 Å². The van der Waals surface area contributed by atoms with Gasteiger partial charge in [0.2, 0.25) is 0 Å². The number of carbonyl (C=O) groups is 1. The minimum atomic E-state index is -0.107. The number of carbonyl (C=O) groups excluding carboxylic acids is 1. The molecule has 6 nitrogen and oxygen atoms in total. The van der Waals surface area contributed by atoms with E-state index in [2.05, 4.69) is 20.4 Å². The molecule has 2 bridgehead atoms. The highest BCUT2D eigenvalue weighted by atomic mass is 16.5. The first-order valence-corrected chi connectivity index (χ1v) is 10.8. The predicted octanol–water partition coefficient (Wildman–Crippen LogP) is 2.63. The van der Waals surface area contributed by atoms with Gasteiger partial charge in [-0.25, -0.2) is 4.79 Å². The number of para-hydroxylation sites is 1. The summed E-state index contributed by atoms with van der Waals surface area (Å²) < 4.78 is 5.42. The minimum Gasteiger partial charge on any atom is -0.383 e. The van der Waals surface area contributed by atoms with Crippen LogP contribution in [0.15, 0.2) is 30.3 Å². The molecule has 4 heterocycles. The number of hydrogen-bond acceptors (Lipinski definition) is 4. The fourth-order valence-electron chi connectivity index (χ4n) is 5.39. The Morgan fingerprint density at radius 1 is 1.18 bits per heavy atom. The summed E-state index contributed by atoms with van der Waals surface area (Å²) in [5.74, 6) is 1.55. The lowest BCUT2D eigenvalue weighted by atomic mass is 9.75. The third-order valence-electron chi connectivity index (χ3n) is 6.87. The van der Waals surface area contributed by atoms with E-state index < -0.39 is 0 Å². The molecule has 6 heteroatoms. The summed E-state index contributed by atoms with van der Waals surface area (Å²) in [6.45, 7) is 6.39. The summed E-state index contributed by atoms with van der Waals surface area (Å²) in [7, 11) is 1.82. The molecule has 0 aromatic heterocycles. The fourth-order valence-corrected chi connectivity index (χ4v) is 5.39. The first-order valence-electron chi connectivity index (χ1n) is 10.8. The fraction of sp³-hybridized carbons (Fsp3) is 0.682. The molecule has 28 heavy (non-hydrogen) atoms. The first-order chi connectivity index (χ1) is 13.7. The van der Waals surface area contributed by atoms with Crippen LogP contribution in [-0.2, 0) is 4.74 Å². The number of amides is 2. The summed E-state index contributed by atoms with van der Waals surface area (Å²) >= 11 is 0. The predicted molar refractivity (Wildman–Crippen MR) is 112 cm³/mol. The number of piperidine rings is 3. The zero-order valence-electron chi connectivity index (χ0n) is 17.0. The van der Waals surface area contributed by atoms with E-state index >= 15 is 0 Å². The SMILES string of the molecule is COC[C@@H]1CCCN1C[C@@H]1CN2CC[C@H]1C[C@@H]2CNC(=O)Nc1ccccc1. The highest BCUT2D eigenvalue weighted by Crippen LogP contribution is 2.37. The van der Waals surface area contributed by atoms with Gasteiger partial charge in [-0.1, -0.05) is 18.2 Å². The molecule has 2 N–H and O–H groups in total. The number of benzene rings is 1. The molecule has 1 aromatic carbocycles. The van der Waals surface area contributed by atoms with E-state index in [0.29, 0.717) is 12.1 Å². The van der Waals surface area contributed by atoms with Crippen molar-refractivity contribution in [1.29, 1.82) is 0 Å². The number of methoxy groups -OCH3 is 1. The van der Waals surface area contributed by atoms with Gasteiger partial charge in [0, 0.05) is 44.5 Å². The third-order valence-corrected chi connectivity index (χ3v) is 6.87. The standard InChI is InChI=1S/C22H34N4O2/c1-28-16-20-8-5-10-25(20)14-18-15-26-11-9-17(18)12-21(26)13-23-22(27)24-19-6-3-2-4-7-19/h2-4,6-7,17-18,20-21H,5,8-16H2,1H3,(H2,23,24,27)/t17-,18+,20-,21+/m0/s1. The highest BCUT2D eigenvalue weighted by Gasteiger charge is 2.41. The van der Waals surface area contributed by atoms with Crippen LogP contribution in [0.1, 0.15) is 25.7 Å². The van der Waals surface area contributed by atoms with Gasteiger partial charge in [-0.3, -0.25) is 9.80 Å². The number of urea groups is 1. The molecule has 4 aliphatic heterocycles. The van der Waals surface area contributed by atoms with Gasteiger partial charge >= 0.3 is 6.03 Å². The van der Waals surface area contributed by atoms with E-state index in [1.165, 1.54) is 51.9 Å². The van der Waals surface area contributed by atoms with E-state index in [-0.39, 0.29) is 6.03 Å². The van der Waals surface area contributed by atoms with Gasteiger partial charge < -0.3 is 15.4 Å². The smallest absolute Gasteiger partial charge is 0.319 e. The lowest BCUT2D eigenvalue weighted by molar-refractivity contribution is -0.0162. The Morgan fingerprint density at radius 2 is 2.04 bits per heavy atom. The molecule has 4 fully saturated rings. The van der Waals surface area contributed by atoms with Crippen molar-refractivity contribution < 1.29 is 9.53 Å². The molecule has 1 unspecified atom stereocenters. The van der Waals surface area contributed by atoms with Gasteiger partial charge in [-0.2, -0.15) is 0 Å². The molecule has 154 valence electrons. The quantitative estimate of drug-likeness (QED) is 0.756. The molecule has 1 aromatic rings. The van der Waals surface area contributed by atoms with E-state index in [1.807, 2.05) is 37.4 Å². The molecule has 5 atom stereocenters. The number of nitrogens with zero attached hydrogens (tertiary/aromatic N) is 2. The van der Waals surface area contributed by atoms with Crippen LogP contribution < -0.4 is 10.6 Å². The largest absolute Gasteiger partial charge is 0.383 e. The maximum absolute atomic E-state index is 12.2. The molecule has 0 spiro atoms. The summed E-state index contributed by atoms with van der Waals surface area (Å²) in [4.78, 5) is 17.5. The number of likely N-dealkylation sites (tertiary alicyclic amines) is 1. The van der Waals surface area contributed by atoms with Crippen LogP contribution in [0.2, 0.25) is 0 Å². The van der Waals surface area contributed by atoms with Crippen molar-refractivity contribution in [3.8, 4) is 0 Å². The van der Waals surface area contributed by atoms with Crippen LogP contribution in [-0.4, -0.2) is 74.4 Å². The van der Waals surface area contributed by atoms with Gasteiger partial charge in [0.15, 0.2) is 0 Å². The van der Waals surface area contributed by atoms with E-state index in [0.717, 1.165) is 30.7 Å². The second-order valence-electron chi connectivity index (χ2n) is 8.64. The van der Waals surface area contributed by atoms with E-state index in [4.69, 9.17) is 4.74 Å². The number of ether oxygens (including phenoxy) is 1. The molecule has 0 saturated carbocycles. The summed E-state index contributed by atoms with van der Waals surface area (Å²) in [6, 6.07) is 10.6. The average molecular weight is 387 g/mol. The Kier molecular flexibility index (Phi) is 6.50. The number of anilines is 1. The maximum Gasteiger partial charge on any atom is 0.319 e. The minimum absolute atomic E-state index is 0.107. The Hall–Kier alpha value is -1.63. The molecular weight excluding hydrogens is 352 g/mol. The van der Waals surface area contributed by atoms with Gasteiger partial charge in [0.1, 0.15) is 0 Å². The second-order valence-corrected chi connectivity index (χ2v) is 8.64. The van der Waals surface area contributed by atoms with Gasteiger partial charge in [-0.05, 0) is 62.7 Å². The van der Waals surface area contributed by atoms with Crippen molar-refractivity contribution in [3.63, 3.8) is 0 Å². The Balaban J connectivity index is 1.24.